The van der Waals surface area contributed by atoms with E-state index >= 15 is 0 Å². The Bertz CT molecular complexity index is 446. The Morgan fingerprint density at radius 1 is 1.28 bits per heavy atom. The molecule has 1 aromatic carbocycles. The molecule has 0 bridgehead atoms. The average Bonchev–Trinajstić information content (AvgIpc) is 2.27. The summed E-state index contributed by atoms with van der Waals surface area (Å²) >= 11 is 0. The summed E-state index contributed by atoms with van der Waals surface area (Å²) in [6.45, 7) is 8.04. The van der Waals surface area contributed by atoms with Gasteiger partial charge in [-0.3, -0.25) is 14.9 Å². The molecule has 0 spiro atoms. The van der Waals surface area contributed by atoms with Crippen LogP contribution < -0.4 is 5.32 Å². The van der Waals surface area contributed by atoms with Crippen LogP contribution in [0.5, 0.6) is 0 Å². The maximum atomic E-state index is 11.9. The molecule has 1 rings (SSSR count). The molecule has 0 saturated carbocycles. The van der Waals surface area contributed by atoms with Crippen molar-refractivity contribution in [1.29, 1.82) is 0 Å². The summed E-state index contributed by atoms with van der Waals surface area (Å²) in [6, 6.07) is 5.60. The summed E-state index contributed by atoms with van der Waals surface area (Å²) in [6.07, 6.45) is 0. The fourth-order valence-corrected chi connectivity index (χ4v) is 1.23. The Balaban J connectivity index is 2.76. The van der Waals surface area contributed by atoms with Crippen LogP contribution in [-0.2, 0) is 0 Å². The zero-order chi connectivity index (χ0) is 13.9. The number of nitrogens with zero attached hydrogens (tertiary/aromatic N) is 1. The summed E-state index contributed by atoms with van der Waals surface area (Å²) in [4.78, 5) is 21.9. The fourth-order valence-electron chi connectivity index (χ4n) is 1.23. The summed E-state index contributed by atoms with van der Waals surface area (Å²) in [5, 5.41) is 13.4. The number of nitrogens with one attached hydrogen (secondary N) is 1. The number of nitro benzene ring substituents is 1. The Morgan fingerprint density at radius 2 is 1.78 bits per heavy atom. The summed E-state index contributed by atoms with van der Waals surface area (Å²) < 4.78 is 0. The van der Waals surface area contributed by atoms with E-state index in [1.165, 1.54) is 24.3 Å². The number of rotatable bonds is 3. The predicted molar refractivity (Wildman–Crippen MR) is 69.5 cm³/mol. The van der Waals surface area contributed by atoms with Gasteiger partial charge in [-0.05, 0) is 24.5 Å². The van der Waals surface area contributed by atoms with Gasteiger partial charge < -0.3 is 5.32 Å². The van der Waals surface area contributed by atoms with Crippen molar-refractivity contribution in [3.63, 3.8) is 0 Å². The van der Waals surface area contributed by atoms with Crippen LogP contribution in [0.2, 0.25) is 0 Å². The van der Waals surface area contributed by atoms with Crippen molar-refractivity contribution in [3.8, 4) is 0 Å². The van der Waals surface area contributed by atoms with Gasteiger partial charge in [0.2, 0.25) is 0 Å². The number of hydrogen-bond acceptors (Lipinski definition) is 3. The van der Waals surface area contributed by atoms with Gasteiger partial charge in [-0.15, -0.1) is 0 Å². The third-order valence-electron chi connectivity index (χ3n) is 2.99. The van der Waals surface area contributed by atoms with E-state index in [0.29, 0.717) is 5.56 Å². The lowest BCUT2D eigenvalue weighted by molar-refractivity contribution is -0.384. The van der Waals surface area contributed by atoms with E-state index in [2.05, 4.69) is 5.32 Å². The van der Waals surface area contributed by atoms with Gasteiger partial charge in [0, 0.05) is 23.7 Å². The highest BCUT2D eigenvalue weighted by Crippen LogP contribution is 2.19. The van der Waals surface area contributed by atoms with Crippen LogP contribution in [-0.4, -0.2) is 16.9 Å². The number of amides is 1. The summed E-state index contributed by atoms with van der Waals surface area (Å²) in [5.74, 6) is -0.215. The third-order valence-corrected chi connectivity index (χ3v) is 2.99. The zero-order valence-electron chi connectivity index (χ0n) is 11.1. The number of carbonyl (C=O) groups is 1. The van der Waals surface area contributed by atoms with Crippen LogP contribution >= 0.6 is 0 Å². The van der Waals surface area contributed by atoms with Crippen LogP contribution in [0.15, 0.2) is 24.3 Å². The average molecular weight is 250 g/mol. The topological polar surface area (TPSA) is 72.2 Å². The molecule has 0 aromatic heterocycles. The van der Waals surface area contributed by atoms with E-state index in [4.69, 9.17) is 0 Å². The first-order valence-corrected chi connectivity index (χ1v) is 5.77. The molecule has 1 atom stereocenters. The minimum atomic E-state index is -0.487. The largest absolute Gasteiger partial charge is 0.349 e. The Morgan fingerprint density at radius 3 is 2.17 bits per heavy atom. The van der Waals surface area contributed by atoms with Crippen molar-refractivity contribution in [2.24, 2.45) is 5.41 Å². The number of non-ortho nitro benzene ring substituents is 1. The molecule has 0 aliphatic heterocycles. The van der Waals surface area contributed by atoms with Crippen LogP contribution in [0, 0.1) is 15.5 Å². The van der Waals surface area contributed by atoms with Crippen LogP contribution in [0.25, 0.3) is 0 Å². The van der Waals surface area contributed by atoms with Crippen molar-refractivity contribution >= 4 is 11.6 Å². The molecule has 0 fully saturated rings. The van der Waals surface area contributed by atoms with Gasteiger partial charge in [0.25, 0.3) is 11.6 Å². The number of nitro groups is 1. The van der Waals surface area contributed by atoms with Gasteiger partial charge in [-0.2, -0.15) is 0 Å². The molecule has 1 N–H and O–H groups in total. The van der Waals surface area contributed by atoms with Gasteiger partial charge in [-0.25, -0.2) is 0 Å². The first kappa shape index (κ1) is 14.2. The lowest BCUT2D eigenvalue weighted by Crippen LogP contribution is -2.41. The molecule has 0 heterocycles. The minimum absolute atomic E-state index is 0.0141. The molecule has 0 aliphatic carbocycles. The first-order chi connectivity index (χ1) is 8.21. The van der Waals surface area contributed by atoms with Gasteiger partial charge in [0.05, 0.1) is 4.92 Å². The smallest absolute Gasteiger partial charge is 0.269 e. The van der Waals surface area contributed by atoms with E-state index in [1.54, 1.807) is 0 Å². The Labute approximate surface area is 106 Å². The molecular weight excluding hydrogens is 232 g/mol. The number of carbonyl (C=O) groups excluding carboxylic acids is 1. The molecule has 98 valence electrons. The fraction of sp³-hybridized carbons (Fsp3) is 0.462. The van der Waals surface area contributed by atoms with Gasteiger partial charge >= 0.3 is 0 Å². The maximum absolute atomic E-state index is 11.9. The highest BCUT2D eigenvalue weighted by Gasteiger charge is 2.22. The Hall–Kier alpha value is -1.91. The second-order valence-corrected chi connectivity index (χ2v) is 5.37. The van der Waals surface area contributed by atoms with Gasteiger partial charge in [0.1, 0.15) is 0 Å². The minimum Gasteiger partial charge on any atom is -0.349 e. The van der Waals surface area contributed by atoms with Crippen LogP contribution in [0.3, 0.4) is 0 Å². The number of hydrogen-bond donors (Lipinski definition) is 1. The molecule has 0 unspecified atom stereocenters. The van der Waals surface area contributed by atoms with Crippen LogP contribution in [0.1, 0.15) is 38.1 Å². The molecule has 0 aliphatic rings. The lowest BCUT2D eigenvalue weighted by Gasteiger charge is -2.28. The third kappa shape index (κ3) is 3.55. The quantitative estimate of drug-likeness (QED) is 0.662. The van der Waals surface area contributed by atoms with Crippen molar-refractivity contribution in [1.82, 2.24) is 5.32 Å². The van der Waals surface area contributed by atoms with E-state index < -0.39 is 4.92 Å². The maximum Gasteiger partial charge on any atom is 0.269 e. The summed E-state index contributed by atoms with van der Waals surface area (Å²) in [5.41, 5.74) is 0.378. The van der Waals surface area contributed by atoms with E-state index in [-0.39, 0.29) is 23.1 Å². The zero-order valence-corrected chi connectivity index (χ0v) is 11.1. The highest BCUT2D eigenvalue weighted by molar-refractivity contribution is 5.94. The van der Waals surface area contributed by atoms with Gasteiger partial charge in [0.15, 0.2) is 0 Å². The van der Waals surface area contributed by atoms with Crippen molar-refractivity contribution < 1.29 is 9.72 Å². The molecule has 0 saturated heterocycles. The second-order valence-electron chi connectivity index (χ2n) is 5.37. The van der Waals surface area contributed by atoms with Crippen molar-refractivity contribution in [3.05, 3.63) is 39.9 Å². The highest BCUT2D eigenvalue weighted by atomic mass is 16.6. The molecule has 1 amide bonds. The molecule has 5 nitrogen and oxygen atoms in total. The molecule has 5 heteroatoms. The monoisotopic (exact) mass is 250 g/mol. The van der Waals surface area contributed by atoms with E-state index in [1.807, 2.05) is 27.7 Å². The predicted octanol–water partition coefficient (Wildman–Crippen LogP) is 2.76. The van der Waals surface area contributed by atoms with E-state index in [9.17, 15) is 14.9 Å². The second kappa shape index (κ2) is 5.16. The Kier molecular flexibility index (Phi) is 4.06. The first-order valence-electron chi connectivity index (χ1n) is 5.77. The normalized spacial score (nSPS) is 12.9. The van der Waals surface area contributed by atoms with Crippen molar-refractivity contribution in [2.45, 2.75) is 33.7 Å². The van der Waals surface area contributed by atoms with Crippen LogP contribution in [0.4, 0.5) is 5.69 Å². The lowest BCUT2D eigenvalue weighted by atomic mass is 9.88. The number of benzene rings is 1. The molecule has 0 radical (unpaired) electrons. The standard InChI is InChI=1S/C13H18N2O3/c1-9(13(2,3)4)14-12(16)10-5-7-11(8-6-10)15(17)18/h5-9H,1-4H3,(H,14,16)/t9-/m0/s1. The molecular formula is C13H18N2O3. The molecule has 1 aromatic rings. The SMILES string of the molecule is C[C@H](NC(=O)c1ccc([N+](=O)[O-])cc1)C(C)(C)C. The molecule has 18 heavy (non-hydrogen) atoms. The van der Waals surface area contributed by atoms with Crippen molar-refractivity contribution in [2.75, 3.05) is 0 Å². The van der Waals surface area contributed by atoms with Gasteiger partial charge in [-0.1, -0.05) is 20.8 Å². The summed E-state index contributed by atoms with van der Waals surface area (Å²) in [7, 11) is 0. The van der Waals surface area contributed by atoms with E-state index in [0.717, 1.165) is 0 Å².